The molecule has 1 aliphatic carbocycles. The van der Waals surface area contributed by atoms with E-state index in [1.165, 1.54) is 0 Å². The van der Waals surface area contributed by atoms with Gasteiger partial charge in [0.05, 0.1) is 12.5 Å². The van der Waals surface area contributed by atoms with Gasteiger partial charge in [-0.05, 0) is 20.3 Å². The Hall–Kier alpha value is -1.18. The first-order valence-electron chi connectivity index (χ1n) is 7.85. The highest BCUT2D eigenvalue weighted by molar-refractivity contribution is 5.73. The lowest BCUT2D eigenvalue weighted by Crippen LogP contribution is -2.60. The molecule has 1 aliphatic heterocycles. The SMILES string of the molecule is CCOC(=O)C1CC(OC(=O)CC)CC2(C1)OC(OCC)O2. The predicted octanol–water partition coefficient (Wildman–Crippen LogP) is 1.73. The Morgan fingerprint density at radius 2 is 1.86 bits per heavy atom. The second-order valence-corrected chi connectivity index (χ2v) is 5.45. The molecule has 1 heterocycles. The largest absolute Gasteiger partial charge is 0.466 e. The zero-order valence-electron chi connectivity index (χ0n) is 13.3. The Labute approximate surface area is 130 Å². The lowest BCUT2D eigenvalue weighted by Gasteiger charge is -2.51. The highest BCUT2D eigenvalue weighted by Gasteiger charge is 2.55. The van der Waals surface area contributed by atoms with Crippen LogP contribution in [0.3, 0.4) is 0 Å². The van der Waals surface area contributed by atoms with Crippen molar-refractivity contribution in [2.45, 2.75) is 64.8 Å². The molecule has 0 radical (unpaired) electrons. The lowest BCUT2D eigenvalue weighted by atomic mass is 9.82. The van der Waals surface area contributed by atoms with Crippen LogP contribution in [0, 0.1) is 5.92 Å². The molecule has 0 aromatic heterocycles. The molecular formula is C15H24O7. The first kappa shape index (κ1) is 17.2. The minimum atomic E-state index is -0.922. The summed E-state index contributed by atoms with van der Waals surface area (Å²) in [5.41, 5.74) is 0. The van der Waals surface area contributed by atoms with E-state index in [-0.39, 0.29) is 18.4 Å². The van der Waals surface area contributed by atoms with Gasteiger partial charge in [-0.15, -0.1) is 0 Å². The van der Waals surface area contributed by atoms with E-state index in [2.05, 4.69) is 0 Å². The van der Waals surface area contributed by atoms with Crippen molar-refractivity contribution in [1.29, 1.82) is 0 Å². The minimum Gasteiger partial charge on any atom is -0.466 e. The van der Waals surface area contributed by atoms with Crippen molar-refractivity contribution in [2.75, 3.05) is 13.2 Å². The fourth-order valence-corrected chi connectivity index (χ4v) is 2.84. The van der Waals surface area contributed by atoms with Crippen molar-refractivity contribution in [1.82, 2.24) is 0 Å². The molecule has 1 saturated carbocycles. The third-order valence-electron chi connectivity index (χ3n) is 3.77. The van der Waals surface area contributed by atoms with Crippen LogP contribution in [-0.4, -0.2) is 43.5 Å². The summed E-state index contributed by atoms with van der Waals surface area (Å²) in [5.74, 6) is -1.95. The maximum absolute atomic E-state index is 12.0. The molecule has 1 spiro atoms. The van der Waals surface area contributed by atoms with Gasteiger partial charge in [-0.3, -0.25) is 19.1 Å². The van der Waals surface area contributed by atoms with Crippen LogP contribution >= 0.6 is 0 Å². The molecule has 7 nitrogen and oxygen atoms in total. The number of carbonyl (C=O) groups is 2. The molecule has 126 valence electrons. The first-order chi connectivity index (χ1) is 10.5. The number of hydrogen-bond acceptors (Lipinski definition) is 7. The predicted molar refractivity (Wildman–Crippen MR) is 74.5 cm³/mol. The van der Waals surface area contributed by atoms with E-state index in [4.69, 9.17) is 23.7 Å². The van der Waals surface area contributed by atoms with E-state index >= 15 is 0 Å². The molecule has 0 amide bonds. The summed E-state index contributed by atoms with van der Waals surface area (Å²) in [6.07, 6.45) is 1.08. The Morgan fingerprint density at radius 3 is 2.45 bits per heavy atom. The molecule has 2 atom stereocenters. The van der Waals surface area contributed by atoms with Crippen molar-refractivity contribution in [2.24, 2.45) is 5.92 Å². The molecule has 7 heteroatoms. The molecule has 2 rings (SSSR count). The van der Waals surface area contributed by atoms with Crippen LogP contribution in [0.15, 0.2) is 0 Å². The molecule has 22 heavy (non-hydrogen) atoms. The smallest absolute Gasteiger partial charge is 0.309 e. The standard InChI is InChI=1S/C15H24O7/c1-4-12(16)20-11-7-10(13(17)18-5-2)8-15(9-11)21-14(22-15)19-6-3/h10-11,14H,4-9H2,1-3H3. The topological polar surface area (TPSA) is 80.3 Å². The van der Waals surface area contributed by atoms with Gasteiger partial charge >= 0.3 is 11.9 Å². The number of esters is 2. The summed E-state index contributed by atoms with van der Waals surface area (Å²) in [5, 5.41) is 0. The maximum atomic E-state index is 12.0. The number of rotatable bonds is 6. The molecule has 0 aromatic carbocycles. The fourth-order valence-electron chi connectivity index (χ4n) is 2.84. The van der Waals surface area contributed by atoms with E-state index in [9.17, 15) is 9.59 Å². The summed E-state index contributed by atoms with van der Waals surface area (Å²) >= 11 is 0. The van der Waals surface area contributed by atoms with Crippen molar-refractivity contribution < 1.29 is 33.3 Å². The van der Waals surface area contributed by atoms with Gasteiger partial charge in [0, 0.05) is 25.9 Å². The van der Waals surface area contributed by atoms with Gasteiger partial charge in [-0.2, -0.15) is 0 Å². The second kappa shape index (κ2) is 7.39. The van der Waals surface area contributed by atoms with Gasteiger partial charge in [0.2, 0.25) is 0 Å². The van der Waals surface area contributed by atoms with Crippen molar-refractivity contribution >= 4 is 11.9 Å². The van der Waals surface area contributed by atoms with Gasteiger partial charge < -0.3 is 14.2 Å². The van der Waals surface area contributed by atoms with Crippen molar-refractivity contribution in [3.8, 4) is 0 Å². The van der Waals surface area contributed by atoms with E-state index in [1.807, 2.05) is 6.92 Å². The third kappa shape index (κ3) is 3.97. The first-order valence-corrected chi connectivity index (χ1v) is 7.85. The fraction of sp³-hybridized carbons (Fsp3) is 0.867. The zero-order valence-corrected chi connectivity index (χ0v) is 13.3. The summed E-state index contributed by atoms with van der Waals surface area (Å²) in [6, 6.07) is 0. The molecule has 2 aliphatic rings. The van der Waals surface area contributed by atoms with Crippen LogP contribution in [0.5, 0.6) is 0 Å². The van der Waals surface area contributed by atoms with Crippen LogP contribution in [0.2, 0.25) is 0 Å². The summed E-state index contributed by atoms with van der Waals surface area (Å²) in [6.45, 7) is 5.39. The van der Waals surface area contributed by atoms with Gasteiger partial charge in [-0.1, -0.05) is 6.92 Å². The van der Waals surface area contributed by atoms with Gasteiger partial charge in [-0.25, -0.2) is 0 Å². The van der Waals surface area contributed by atoms with Crippen LogP contribution in [0.4, 0.5) is 0 Å². The summed E-state index contributed by atoms with van der Waals surface area (Å²) in [4.78, 5) is 23.6. The van der Waals surface area contributed by atoms with Crippen molar-refractivity contribution in [3.05, 3.63) is 0 Å². The number of carbonyl (C=O) groups excluding carboxylic acids is 2. The second-order valence-electron chi connectivity index (χ2n) is 5.45. The molecule has 2 fully saturated rings. The zero-order chi connectivity index (χ0) is 16.2. The van der Waals surface area contributed by atoms with Crippen LogP contribution < -0.4 is 0 Å². The van der Waals surface area contributed by atoms with Crippen molar-refractivity contribution in [3.63, 3.8) is 0 Å². The van der Waals surface area contributed by atoms with Gasteiger partial charge in [0.25, 0.3) is 6.48 Å². The number of ether oxygens (including phenoxy) is 5. The van der Waals surface area contributed by atoms with E-state index in [1.54, 1.807) is 13.8 Å². The van der Waals surface area contributed by atoms with Crippen LogP contribution in [0.1, 0.15) is 46.5 Å². The normalized spacial score (nSPS) is 34.0. The summed E-state index contributed by atoms with van der Waals surface area (Å²) in [7, 11) is 0. The Kier molecular flexibility index (Phi) is 5.77. The molecule has 2 unspecified atom stereocenters. The van der Waals surface area contributed by atoms with Gasteiger partial charge in [0.15, 0.2) is 5.79 Å². The summed E-state index contributed by atoms with van der Waals surface area (Å²) < 4.78 is 27.0. The average molecular weight is 316 g/mol. The third-order valence-corrected chi connectivity index (χ3v) is 3.77. The highest BCUT2D eigenvalue weighted by Crippen LogP contribution is 2.45. The Bertz CT molecular complexity index is 403. The average Bonchev–Trinajstić information content (AvgIpc) is 2.46. The Morgan fingerprint density at radius 1 is 1.14 bits per heavy atom. The quantitative estimate of drug-likeness (QED) is 0.690. The Balaban J connectivity index is 2.01. The van der Waals surface area contributed by atoms with E-state index in [0.29, 0.717) is 32.5 Å². The lowest BCUT2D eigenvalue weighted by molar-refractivity contribution is -0.530. The molecule has 0 N–H and O–H groups in total. The highest BCUT2D eigenvalue weighted by atomic mass is 17.0. The minimum absolute atomic E-state index is 0.289. The molecule has 0 aromatic rings. The van der Waals surface area contributed by atoms with Crippen LogP contribution in [0.25, 0.3) is 0 Å². The maximum Gasteiger partial charge on any atom is 0.309 e. The van der Waals surface area contributed by atoms with Crippen LogP contribution in [-0.2, 0) is 33.3 Å². The number of hydrogen-bond donors (Lipinski definition) is 0. The monoisotopic (exact) mass is 316 g/mol. The molecular weight excluding hydrogens is 292 g/mol. The molecule has 1 saturated heterocycles. The van der Waals surface area contributed by atoms with E-state index < -0.39 is 24.3 Å². The van der Waals surface area contributed by atoms with E-state index in [0.717, 1.165) is 0 Å². The van der Waals surface area contributed by atoms with Gasteiger partial charge in [0.1, 0.15) is 6.10 Å². The molecule has 0 bridgehead atoms.